The second-order valence-electron chi connectivity index (χ2n) is 6.68. The molecule has 1 aliphatic heterocycles. The summed E-state index contributed by atoms with van der Waals surface area (Å²) in [5, 5.41) is 18.2. The van der Waals surface area contributed by atoms with Gasteiger partial charge < -0.3 is 14.9 Å². The van der Waals surface area contributed by atoms with E-state index >= 15 is 0 Å². The van der Waals surface area contributed by atoms with Crippen molar-refractivity contribution in [2.24, 2.45) is 0 Å². The van der Waals surface area contributed by atoms with Gasteiger partial charge in [0.15, 0.2) is 5.82 Å². The van der Waals surface area contributed by atoms with Crippen LogP contribution in [0.3, 0.4) is 0 Å². The minimum atomic E-state index is -1.12. The van der Waals surface area contributed by atoms with E-state index < -0.39 is 5.97 Å². The van der Waals surface area contributed by atoms with Gasteiger partial charge in [-0.1, -0.05) is 30.3 Å². The Morgan fingerprint density at radius 1 is 0.929 bits per heavy atom. The number of nitrogens with zero attached hydrogens (tertiary/aromatic N) is 5. The summed E-state index contributed by atoms with van der Waals surface area (Å²) in [5.74, 6) is -1.04. The molecule has 1 aromatic heterocycles. The van der Waals surface area contributed by atoms with Crippen LogP contribution in [0.1, 0.15) is 16.1 Å². The van der Waals surface area contributed by atoms with Gasteiger partial charge in [0.25, 0.3) is 0 Å². The molecule has 28 heavy (non-hydrogen) atoms. The molecule has 1 saturated heterocycles. The lowest BCUT2D eigenvalue weighted by molar-refractivity contribution is 0.0690. The van der Waals surface area contributed by atoms with Crippen molar-refractivity contribution in [2.75, 3.05) is 36.0 Å². The number of hydrogen-bond donors (Lipinski definition) is 1. The Labute approximate surface area is 161 Å². The molecule has 1 aliphatic rings. The molecule has 7 nitrogen and oxygen atoms in total. The summed E-state index contributed by atoms with van der Waals surface area (Å²) in [4.78, 5) is 16.9. The first kappa shape index (κ1) is 18.0. The van der Waals surface area contributed by atoms with E-state index in [4.69, 9.17) is 0 Å². The summed E-state index contributed by atoms with van der Waals surface area (Å²) in [6, 6.07) is 14.2. The fourth-order valence-corrected chi connectivity index (χ4v) is 3.41. The van der Waals surface area contributed by atoms with Gasteiger partial charge in [-0.2, -0.15) is 0 Å². The van der Waals surface area contributed by atoms with Crippen LogP contribution in [0.25, 0.3) is 5.69 Å². The van der Waals surface area contributed by atoms with Crippen LogP contribution < -0.4 is 9.80 Å². The summed E-state index contributed by atoms with van der Waals surface area (Å²) in [7, 11) is 0. The van der Waals surface area contributed by atoms with Crippen LogP contribution in [0.4, 0.5) is 15.9 Å². The largest absolute Gasteiger partial charge is 0.476 e. The highest BCUT2D eigenvalue weighted by atomic mass is 19.1. The lowest BCUT2D eigenvalue weighted by Gasteiger charge is -2.36. The van der Waals surface area contributed by atoms with E-state index in [1.807, 2.05) is 41.0 Å². The van der Waals surface area contributed by atoms with E-state index in [9.17, 15) is 14.3 Å². The highest BCUT2D eigenvalue weighted by molar-refractivity contribution is 5.91. The van der Waals surface area contributed by atoms with E-state index in [1.165, 1.54) is 10.9 Å². The number of aromatic nitrogens is 3. The first-order valence-corrected chi connectivity index (χ1v) is 9.05. The summed E-state index contributed by atoms with van der Waals surface area (Å²) in [6.45, 7) is 4.11. The van der Waals surface area contributed by atoms with Crippen LogP contribution in [0.5, 0.6) is 0 Å². The quantitative estimate of drug-likeness (QED) is 0.749. The molecule has 1 fully saturated rings. The average molecular weight is 381 g/mol. The monoisotopic (exact) mass is 381 g/mol. The topological polar surface area (TPSA) is 74.5 Å². The number of para-hydroxylation sites is 2. The molecule has 0 saturated carbocycles. The Morgan fingerprint density at radius 2 is 1.54 bits per heavy atom. The lowest BCUT2D eigenvalue weighted by atomic mass is 10.2. The number of benzene rings is 2. The van der Waals surface area contributed by atoms with E-state index in [1.54, 1.807) is 18.2 Å². The van der Waals surface area contributed by atoms with Gasteiger partial charge in [0.1, 0.15) is 5.82 Å². The SMILES string of the molecule is Cc1ccccc1-n1nc(C(=O)O)c(N2CCN(c3ccccc3F)CC2)n1. The fourth-order valence-electron chi connectivity index (χ4n) is 3.41. The molecule has 4 rings (SSSR count). The Morgan fingerprint density at radius 3 is 2.18 bits per heavy atom. The maximum absolute atomic E-state index is 14.0. The molecule has 0 atom stereocenters. The molecule has 0 aliphatic carbocycles. The van der Waals surface area contributed by atoms with Crippen LogP contribution in [0, 0.1) is 12.7 Å². The maximum Gasteiger partial charge on any atom is 0.360 e. The number of hydrogen-bond acceptors (Lipinski definition) is 5. The third-order valence-electron chi connectivity index (χ3n) is 4.90. The van der Waals surface area contributed by atoms with Crippen molar-refractivity contribution < 1.29 is 14.3 Å². The number of aryl methyl sites for hydroxylation is 1. The molecule has 0 amide bonds. The van der Waals surface area contributed by atoms with Crippen molar-refractivity contribution in [1.82, 2.24) is 15.0 Å². The number of carboxylic acids is 1. The van der Waals surface area contributed by atoms with Gasteiger partial charge in [0.2, 0.25) is 5.69 Å². The second-order valence-corrected chi connectivity index (χ2v) is 6.68. The second kappa shape index (κ2) is 7.30. The van der Waals surface area contributed by atoms with Crippen molar-refractivity contribution in [3.05, 3.63) is 65.6 Å². The molecule has 0 spiro atoms. The predicted molar refractivity (Wildman–Crippen MR) is 104 cm³/mol. The molecule has 144 valence electrons. The average Bonchev–Trinajstić information content (AvgIpc) is 3.14. The molecule has 3 aromatic rings. The smallest absolute Gasteiger partial charge is 0.360 e. The zero-order valence-electron chi connectivity index (χ0n) is 15.4. The van der Waals surface area contributed by atoms with Crippen LogP contribution in [0.2, 0.25) is 0 Å². The normalized spacial score (nSPS) is 14.4. The Kier molecular flexibility index (Phi) is 4.68. The van der Waals surface area contributed by atoms with Crippen LogP contribution in [0.15, 0.2) is 48.5 Å². The lowest BCUT2D eigenvalue weighted by Crippen LogP contribution is -2.47. The van der Waals surface area contributed by atoms with Crippen molar-refractivity contribution >= 4 is 17.5 Å². The van der Waals surface area contributed by atoms with Crippen LogP contribution in [-0.4, -0.2) is 52.2 Å². The summed E-state index contributed by atoms with van der Waals surface area (Å²) < 4.78 is 14.0. The zero-order chi connectivity index (χ0) is 19.7. The Hall–Kier alpha value is -3.42. The first-order chi connectivity index (χ1) is 13.5. The number of halogens is 1. The number of piperazine rings is 1. The minimum Gasteiger partial charge on any atom is -0.476 e. The fraction of sp³-hybridized carbons (Fsp3) is 0.250. The highest BCUT2D eigenvalue weighted by Gasteiger charge is 2.27. The van der Waals surface area contributed by atoms with Gasteiger partial charge in [-0.25, -0.2) is 9.18 Å². The minimum absolute atomic E-state index is 0.0809. The Balaban J connectivity index is 1.59. The van der Waals surface area contributed by atoms with E-state index in [-0.39, 0.29) is 11.5 Å². The number of rotatable bonds is 4. The number of carbonyl (C=O) groups is 1. The predicted octanol–water partition coefficient (Wildman–Crippen LogP) is 2.74. The molecule has 0 radical (unpaired) electrons. The maximum atomic E-state index is 14.0. The van der Waals surface area contributed by atoms with Crippen molar-refractivity contribution in [2.45, 2.75) is 6.92 Å². The van der Waals surface area contributed by atoms with Crippen molar-refractivity contribution in [3.63, 3.8) is 0 Å². The van der Waals surface area contributed by atoms with Gasteiger partial charge in [0, 0.05) is 26.2 Å². The molecular weight excluding hydrogens is 361 g/mol. The zero-order valence-corrected chi connectivity index (χ0v) is 15.4. The third kappa shape index (κ3) is 3.28. The molecule has 2 heterocycles. The van der Waals surface area contributed by atoms with Crippen molar-refractivity contribution in [1.29, 1.82) is 0 Å². The Bertz CT molecular complexity index is 1010. The molecular formula is C20H20FN5O2. The summed E-state index contributed by atoms with van der Waals surface area (Å²) in [6.07, 6.45) is 0. The van der Waals surface area contributed by atoms with Gasteiger partial charge >= 0.3 is 5.97 Å². The highest BCUT2D eigenvalue weighted by Crippen LogP contribution is 2.24. The van der Waals surface area contributed by atoms with Crippen molar-refractivity contribution in [3.8, 4) is 5.69 Å². The number of carboxylic acid groups (broad SMARTS) is 1. The molecule has 0 unspecified atom stereocenters. The molecule has 2 aromatic carbocycles. The van der Waals surface area contributed by atoms with Gasteiger partial charge in [0.05, 0.1) is 11.4 Å². The molecule has 1 N–H and O–H groups in total. The number of aromatic carboxylic acids is 1. The van der Waals surface area contributed by atoms with Gasteiger partial charge in [-0.3, -0.25) is 0 Å². The van der Waals surface area contributed by atoms with Gasteiger partial charge in [-0.15, -0.1) is 15.0 Å². The van der Waals surface area contributed by atoms with E-state index in [0.717, 1.165) is 11.3 Å². The standard InChI is InChI=1S/C20H20FN5O2/c1-14-6-2-4-8-16(14)26-22-18(20(27)28)19(23-26)25-12-10-24(11-13-25)17-9-5-3-7-15(17)21/h2-9H,10-13H2,1H3,(H,27,28). The van der Waals surface area contributed by atoms with Gasteiger partial charge in [-0.05, 0) is 30.7 Å². The summed E-state index contributed by atoms with van der Waals surface area (Å²) in [5.41, 5.74) is 2.17. The van der Waals surface area contributed by atoms with Crippen LogP contribution in [-0.2, 0) is 0 Å². The van der Waals surface area contributed by atoms with E-state index in [2.05, 4.69) is 10.2 Å². The first-order valence-electron chi connectivity index (χ1n) is 9.05. The summed E-state index contributed by atoms with van der Waals surface area (Å²) >= 11 is 0. The molecule has 8 heteroatoms. The van der Waals surface area contributed by atoms with E-state index in [0.29, 0.717) is 37.7 Å². The molecule has 0 bridgehead atoms. The number of anilines is 2. The third-order valence-corrected chi connectivity index (χ3v) is 4.90. The van der Waals surface area contributed by atoms with Crippen LogP contribution >= 0.6 is 0 Å².